The first-order valence-electron chi connectivity index (χ1n) is 8.33. The lowest BCUT2D eigenvalue weighted by molar-refractivity contribution is -0.137. The highest BCUT2D eigenvalue weighted by Crippen LogP contribution is 2.32. The molecule has 0 spiro atoms. The molecule has 2 aromatic carbocycles. The van der Waals surface area contributed by atoms with Gasteiger partial charge >= 0.3 is 6.18 Å². The number of carbonyl (C=O) groups is 1. The van der Waals surface area contributed by atoms with Crippen LogP contribution >= 0.6 is 12.4 Å². The first-order chi connectivity index (χ1) is 12.3. The van der Waals surface area contributed by atoms with E-state index in [9.17, 15) is 18.0 Å². The van der Waals surface area contributed by atoms with Gasteiger partial charge in [-0.2, -0.15) is 13.2 Å². The van der Waals surface area contributed by atoms with E-state index >= 15 is 0 Å². The lowest BCUT2D eigenvalue weighted by Crippen LogP contribution is -2.42. The van der Waals surface area contributed by atoms with Gasteiger partial charge in [-0.15, -0.1) is 12.4 Å². The zero-order valence-electron chi connectivity index (χ0n) is 14.4. The van der Waals surface area contributed by atoms with E-state index in [0.717, 1.165) is 25.0 Å². The van der Waals surface area contributed by atoms with Gasteiger partial charge in [-0.1, -0.05) is 12.1 Å². The number of amides is 1. The third-order valence-corrected chi connectivity index (χ3v) is 4.30. The number of alkyl halides is 3. The molecule has 0 saturated carbocycles. The number of halogens is 4. The van der Waals surface area contributed by atoms with Crippen LogP contribution in [0.1, 0.15) is 28.8 Å². The second-order valence-corrected chi connectivity index (χ2v) is 6.29. The van der Waals surface area contributed by atoms with E-state index in [-0.39, 0.29) is 30.1 Å². The number of piperidine rings is 1. The minimum Gasteiger partial charge on any atom is -0.457 e. The van der Waals surface area contributed by atoms with Crippen LogP contribution in [0.15, 0.2) is 48.5 Å². The fourth-order valence-corrected chi connectivity index (χ4v) is 2.85. The Labute approximate surface area is 161 Å². The Kier molecular flexibility index (Phi) is 6.73. The largest absolute Gasteiger partial charge is 0.457 e. The van der Waals surface area contributed by atoms with Gasteiger partial charge < -0.3 is 15.4 Å². The smallest absolute Gasteiger partial charge is 0.416 e. The van der Waals surface area contributed by atoms with Gasteiger partial charge in [0.2, 0.25) is 0 Å². The molecule has 3 rings (SSSR count). The average Bonchev–Trinajstić information content (AvgIpc) is 2.61. The number of hydrogen-bond acceptors (Lipinski definition) is 3. The summed E-state index contributed by atoms with van der Waals surface area (Å²) in [5, 5.41) is 0. The molecule has 0 aliphatic carbocycles. The Morgan fingerprint density at radius 1 is 1.04 bits per heavy atom. The van der Waals surface area contributed by atoms with Crippen molar-refractivity contribution in [2.45, 2.75) is 25.1 Å². The van der Waals surface area contributed by atoms with Crippen molar-refractivity contribution >= 4 is 18.3 Å². The van der Waals surface area contributed by atoms with E-state index < -0.39 is 11.7 Å². The fourth-order valence-electron chi connectivity index (χ4n) is 2.85. The normalized spacial score (nSPS) is 15.2. The summed E-state index contributed by atoms with van der Waals surface area (Å²) >= 11 is 0. The number of ether oxygens (including phenoxy) is 1. The van der Waals surface area contributed by atoms with E-state index in [2.05, 4.69) is 0 Å². The standard InChI is InChI=1S/C19H19F3N2O2.ClH/c20-19(21,22)14-4-2-6-17(12-14)26-16-5-1-3-13(11-16)18(25)24-9-7-15(23)8-10-24;/h1-6,11-12,15H,7-10,23H2;1H. The van der Waals surface area contributed by atoms with Crippen LogP contribution in [0.4, 0.5) is 13.2 Å². The molecule has 0 radical (unpaired) electrons. The molecule has 0 bridgehead atoms. The van der Waals surface area contributed by atoms with Crippen molar-refractivity contribution < 1.29 is 22.7 Å². The van der Waals surface area contributed by atoms with Gasteiger partial charge in [0.25, 0.3) is 5.91 Å². The lowest BCUT2D eigenvalue weighted by Gasteiger charge is -2.30. The third kappa shape index (κ3) is 5.37. The lowest BCUT2D eigenvalue weighted by atomic mass is 10.0. The van der Waals surface area contributed by atoms with Gasteiger partial charge in [0.15, 0.2) is 0 Å². The Morgan fingerprint density at radius 2 is 1.63 bits per heavy atom. The summed E-state index contributed by atoms with van der Waals surface area (Å²) in [6, 6.07) is 11.2. The first-order valence-corrected chi connectivity index (χ1v) is 8.33. The van der Waals surface area contributed by atoms with Crippen LogP contribution in [-0.4, -0.2) is 29.9 Å². The molecule has 1 aliphatic heterocycles. The highest BCUT2D eigenvalue weighted by molar-refractivity contribution is 5.94. The third-order valence-electron chi connectivity index (χ3n) is 4.30. The van der Waals surface area contributed by atoms with Gasteiger partial charge in [-0.05, 0) is 49.2 Å². The predicted octanol–water partition coefficient (Wildman–Crippen LogP) is 4.48. The SMILES string of the molecule is Cl.NC1CCN(C(=O)c2cccc(Oc3cccc(C(F)(F)F)c3)c2)CC1. The zero-order chi connectivity index (χ0) is 18.7. The Hall–Kier alpha value is -2.25. The van der Waals surface area contributed by atoms with Crippen LogP contribution < -0.4 is 10.5 Å². The highest BCUT2D eigenvalue weighted by atomic mass is 35.5. The minimum atomic E-state index is -4.44. The number of benzene rings is 2. The molecule has 2 N–H and O–H groups in total. The minimum absolute atomic E-state index is 0. The topological polar surface area (TPSA) is 55.6 Å². The maximum absolute atomic E-state index is 12.8. The summed E-state index contributed by atoms with van der Waals surface area (Å²) in [4.78, 5) is 14.3. The number of nitrogens with zero attached hydrogens (tertiary/aromatic N) is 1. The van der Waals surface area contributed by atoms with Crippen molar-refractivity contribution in [2.75, 3.05) is 13.1 Å². The van der Waals surface area contributed by atoms with E-state index in [0.29, 0.717) is 24.4 Å². The number of carbonyl (C=O) groups excluding carboxylic acids is 1. The summed E-state index contributed by atoms with van der Waals surface area (Å²) in [5.41, 5.74) is 5.50. The second kappa shape index (κ2) is 8.63. The molecule has 1 fully saturated rings. The Balaban J connectivity index is 0.00000261. The number of nitrogens with two attached hydrogens (primary N) is 1. The van der Waals surface area contributed by atoms with Crippen molar-refractivity contribution in [1.29, 1.82) is 0 Å². The summed E-state index contributed by atoms with van der Waals surface area (Å²) in [7, 11) is 0. The summed E-state index contributed by atoms with van der Waals surface area (Å²) < 4.78 is 43.9. The molecule has 2 aromatic rings. The molecule has 1 saturated heterocycles. The van der Waals surface area contributed by atoms with Crippen LogP contribution in [0.3, 0.4) is 0 Å². The second-order valence-electron chi connectivity index (χ2n) is 6.29. The first kappa shape index (κ1) is 21.1. The Bertz CT molecular complexity index is 791. The molecule has 27 heavy (non-hydrogen) atoms. The van der Waals surface area contributed by atoms with Crippen LogP contribution in [0.25, 0.3) is 0 Å². The van der Waals surface area contributed by atoms with Crippen LogP contribution in [0, 0.1) is 0 Å². The van der Waals surface area contributed by atoms with Gasteiger partial charge in [-0.25, -0.2) is 0 Å². The number of hydrogen-bond donors (Lipinski definition) is 1. The summed E-state index contributed by atoms with van der Waals surface area (Å²) in [6.45, 7) is 1.19. The summed E-state index contributed by atoms with van der Waals surface area (Å²) in [6.07, 6.45) is -2.93. The zero-order valence-corrected chi connectivity index (χ0v) is 15.2. The van der Waals surface area contributed by atoms with Crippen molar-refractivity contribution in [3.63, 3.8) is 0 Å². The average molecular weight is 401 g/mol. The van der Waals surface area contributed by atoms with E-state index in [1.165, 1.54) is 18.2 Å². The number of rotatable bonds is 3. The molecule has 0 unspecified atom stereocenters. The molecular weight excluding hydrogens is 381 g/mol. The maximum Gasteiger partial charge on any atom is 0.416 e. The quantitative estimate of drug-likeness (QED) is 0.826. The predicted molar refractivity (Wildman–Crippen MR) is 98.3 cm³/mol. The van der Waals surface area contributed by atoms with E-state index in [1.54, 1.807) is 23.1 Å². The van der Waals surface area contributed by atoms with E-state index in [1.807, 2.05) is 0 Å². The van der Waals surface area contributed by atoms with Crippen molar-refractivity contribution in [1.82, 2.24) is 4.90 Å². The van der Waals surface area contributed by atoms with Crippen LogP contribution in [0.2, 0.25) is 0 Å². The van der Waals surface area contributed by atoms with Gasteiger partial charge in [-0.3, -0.25) is 4.79 Å². The molecule has 1 heterocycles. The molecule has 0 aromatic heterocycles. The molecule has 4 nitrogen and oxygen atoms in total. The maximum atomic E-state index is 12.8. The van der Waals surface area contributed by atoms with Crippen LogP contribution in [-0.2, 0) is 6.18 Å². The van der Waals surface area contributed by atoms with Crippen molar-refractivity contribution in [3.05, 3.63) is 59.7 Å². The van der Waals surface area contributed by atoms with E-state index in [4.69, 9.17) is 10.5 Å². The van der Waals surface area contributed by atoms with Crippen LogP contribution in [0.5, 0.6) is 11.5 Å². The van der Waals surface area contributed by atoms with Gasteiger partial charge in [0.05, 0.1) is 5.56 Å². The van der Waals surface area contributed by atoms with Crippen molar-refractivity contribution in [2.24, 2.45) is 5.73 Å². The number of likely N-dealkylation sites (tertiary alicyclic amines) is 1. The highest BCUT2D eigenvalue weighted by Gasteiger charge is 2.30. The molecule has 146 valence electrons. The van der Waals surface area contributed by atoms with Gasteiger partial charge in [0, 0.05) is 24.7 Å². The molecule has 1 amide bonds. The molecule has 1 aliphatic rings. The monoisotopic (exact) mass is 400 g/mol. The molecule has 0 atom stereocenters. The van der Waals surface area contributed by atoms with Gasteiger partial charge in [0.1, 0.15) is 11.5 Å². The van der Waals surface area contributed by atoms with Crippen molar-refractivity contribution in [3.8, 4) is 11.5 Å². The summed E-state index contributed by atoms with van der Waals surface area (Å²) in [5.74, 6) is 0.239. The Morgan fingerprint density at radius 3 is 2.26 bits per heavy atom. The molecular formula is C19H20ClF3N2O2. The fraction of sp³-hybridized carbons (Fsp3) is 0.316. The molecule has 8 heteroatoms.